The van der Waals surface area contributed by atoms with Crippen LogP contribution in [0.15, 0.2) is 28.6 Å². The van der Waals surface area contributed by atoms with Crippen molar-refractivity contribution in [3.05, 3.63) is 33.8 Å². The Hall–Kier alpha value is -1.16. The number of hydrogen-bond acceptors (Lipinski definition) is 5. The number of rotatable bonds is 3. The number of benzene rings is 1. The molecule has 0 N–H and O–H groups in total. The second-order valence-electron chi connectivity index (χ2n) is 3.28. The Morgan fingerprint density at radius 3 is 3.00 bits per heavy atom. The summed E-state index contributed by atoms with van der Waals surface area (Å²) in [5.41, 5.74) is 2.13. The van der Waals surface area contributed by atoms with Crippen LogP contribution in [0.25, 0.3) is 5.69 Å². The number of nitrogens with zero attached hydrogens (tertiary/aromatic N) is 3. The van der Waals surface area contributed by atoms with E-state index in [4.69, 9.17) is 17.5 Å². The molecule has 6 heteroatoms. The minimum atomic E-state index is 0.399. The van der Waals surface area contributed by atoms with E-state index in [9.17, 15) is 0 Å². The summed E-state index contributed by atoms with van der Waals surface area (Å²) in [5.74, 6) is 0.399. The van der Waals surface area contributed by atoms with Crippen molar-refractivity contribution in [2.45, 2.75) is 11.3 Å². The molecule has 0 bridgehead atoms. The average molecular weight is 279 g/mol. The van der Waals surface area contributed by atoms with Gasteiger partial charge in [-0.3, -0.25) is 0 Å². The molecule has 1 aromatic carbocycles. The van der Waals surface area contributed by atoms with Gasteiger partial charge in [-0.05, 0) is 30.8 Å². The third-order valence-electron chi connectivity index (χ3n) is 2.13. The highest BCUT2D eigenvalue weighted by atomic mass is 32.2. The zero-order chi connectivity index (χ0) is 12.3. The molecule has 2 rings (SSSR count). The van der Waals surface area contributed by atoms with E-state index >= 15 is 0 Å². The molecule has 0 spiro atoms. The Morgan fingerprint density at radius 1 is 1.53 bits per heavy atom. The molecular formula is C11H9N3S3. The van der Waals surface area contributed by atoms with Crippen LogP contribution >= 0.6 is 35.3 Å². The Bertz CT molecular complexity index is 621. The number of hydrogen-bond donors (Lipinski definition) is 0. The molecule has 0 unspecified atom stereocenters. The normalized spacial score (nSPS) is 10.1. The summed E-state index contributed by atoms with van der Waals surface area (Å²) in [7, 11) is 0. The number of thioether (sulfide) groups is 1. The Balaban J connectivity index is 2.41. The summed E-state index contributed by atoms with van der Waals surface area (Å²) in [6, 6.07) is 10.0. The third kappa shape index (κ3) is 2.75. The first-order valence-corrected chi connectivity index (χ1v) is 7.09. The van der Waals surface area contributed by atoms with Crippen LogP contribution in [0.5, 0.6) is 0 Å². The molecule has 0 aliphatic heterocycles. The Labute approximate surface area is 113 Å². The smallest absolute Gasteiger partial charge is 0.184 e. The standard InChI is InChI=1S/C11H9N3S3/c1-8-4-2-3-5-9(8)14-11(15)17-10(13-14)16-7-6-12/h2-5H,7H2,1H3. The van der Waals surface area contributed by atoms with Crippen LogP contribution in [-0.4, -0.2) is 15.5 Å². The maximum absolute atomic E-state index is 8.54. The van der Waals surface area contributed by atoms with E-state index in [-0.39, 0.29) is 0 Å². The molecule has 0 radical (unpaired) electrons. The van der Waals surface area contributed by atoms with Gasteiger partial charge in [-0.2, -0.15) is 5.26 Å². The molecule has 1 heterocycles. The van der Waals surface area contributed by atoms with Gasteiger partial charge in [-0.15, -0.1) is 5.10 Å². The highest BCUT2D eigenvalue weighted by Gasteiger charge is 2.07. The predicted molar refractivity (Wildman–Crippen MR) is 73.3 cm³/mol. The van der Waals surface area contributed by atoms with Crippen LogP contribution in [0.2, 0.25) is 0 Å². The summed E-state index contributed by atoms with van der Waals surface area (Å²) in [6.07, 6.45) is 0. The lowest BCUT2D eigenvalue weighted by Crippen LogP contribution is -1.98. The summed E-state index contributed by atoms with van der Waals surface area (Å²) in [5, 5.41) is 13.0. The van der Waals surface area contributed by atoms with Crippen molar-refractivity contribution < 1.29 is 0 Å². The molecule has 0 atom stereocenters. The van der Waals surface area contributed by atoms with Crippen LogP contribution in [-0.2, 0) is 0 Å². The van der Waals surface area contributed by atoms with Crippen LogP contribution < -0.4 is 0 Å². The fourth-order valence-corrected chi connectivity index (χ4v) is 3.37. The van der Waals surface area contributed by atoms with Gasteiger partial charge in [0, 0.05) is 0 Å². The first-order valence-electron chi connectivity index (χ1n) is 4.88. The van der Waals surface area contributed by atoms with Gasteiger partial charge >= 0.3 is 0 Å². The molecular weight excluding hydrogens is 270 g/mol. The lowest BCUT2D eigenvalue weighted by atomic mass is 10.2. The van der Waals surface area contributed by atoms with Gasteiger partial charge in [0.1, 0.15) is 0 Å². The van der Waals surface area contributed by atoms with E-state index in [1.165, 1.54) is 23.1 Å². The van der Waals surface area contributed by atoms with E-state index in [0.29, 0.717) is 9.71 Å². The van der Waals surface area contributed by atoms with E-state index in [2.05, 4.69) is 11.2 Å². The number of aromatic nitrogens is 2. The highest BCUT2D eigenvalue weighted by molar-refractivity contribution is 8.01. The molecule has 0 aliphatic carbocycles. The van der Waals surface area contributed by atoms with Crippen molar-refractivity contribution in [3.63, 3.8) is 0 Å². The van der Waals surface area contributed by atoms with Crippen molar-refractivity contribution in [1.29, 1.82) is 5.26 Å². The van der Waals surface area contributed by atoms with Gasteiger partial charge in [-0.25, -0.2) is 4.68 Å². The molecule has 0 saturated carbocycles. The van der Waals surface area contributed by atoms with E-state index < -0.39 is 0 Å². The topological polar surface area (TPSA) is 41.6 Å². The predicted octanol–water partition coefficient (Wildman–Crippen LogP) is 3.59. The Kier molecular flexibility index (Phi) is 3.94. The van der Waals surface area contributed by atoms with E-state index in [1.54, 1.807) is 4.68 Å². The summed E-state index contributed by atoms with van der Waals surface area (Å²) in [6.45, 7) is 2.03. The molecule has 17 heavy (non-hydrogen) atoms. The van der Waals surface area contributed by atoms with Crippen molar-refractivity contribution in [1.82, 2.24) is 9.78 Å². The van der Waals surface area contributed by atoms with Gasteiger partial charge in [0.25, 0.3) is 0 Å². The van der Waals surface area contributed by atoms with Crippen molar-refractivity contribution in [3.8, 4) is 11.8 Å². The second-order valence-corrected chi connectivity index (χ2v) is 6.12. The minimum Gasteiger partial charge on any atom is -0.211 e. The van der Waals surface area contributed by atoms with Crippen LogP contribution in [0, 0.1) is 22.2 Å². The van der Waals surface area contributed by atoms with Crippen molar-refractivity contribution in [2.75, 3.05) is 5.75 Å². The van der Waals surface area contributed by atoms with Crippen molar-refractivity contribution in [2.24, 2.45) is 0 Å². The van der Waals surface area contributed by atoms with Gasteiger partial charge < -0.3 is 0 Å². The van der Waals surface area contributed by atoms with Gasteiger partial charge in [0.2, 0.25) is 0 Å². The first-order chi connectivity index (χ1) is 8.22. The largest absolute Gasteiger partial charge is 0.211 e. The molecule has 0 aliphatic rings. The number of aryl methyl sites for hydroxylation is 1. The maximum atomic E-state index is 8.54. The maximum Gasteiger partial charge on any atom is 0.184 e. The first kappa shape index (κ1) is 12.3. The lowest BCUT2D eigenvalue weighted by molar-refractivity contribution is 0.824. The summed E-state index contributed by atoms with van der Waals surface area (Å²) >= 11 is 8.14. The van der Waals surface area contributed by atoms with Gasteiger partial charge in [0.15, 0.2) is 8.29 Å². The minimum absolute atomic E-state index is 0.399. The average Bonchev–Trinajstić information content (AvgIpc) is 2.68. The zero-order valence-corrected chi connectivity index (χ0v) is 11.5. The molecule has 0 fully saturated rings. The lowest BCUT2D eigenvalue weighted by Gasteiger charge is -2.03. The quantitative estimate of drug-likeness (QED) is 0.636. The molecule has 0 saturated heterocycles. The highest BCUT2D eigenvalue weighted by Crippen LogP contribution is 2.24. The summed E-state index contributed by atoms with van der Waals surface area (Å²) < 4.78 is 3.30. The molecule has 2 aromatic rings. The monoisotopic (exact) mass is 279 g/mol. The van der Waals surface area contributed by atoms with Crippen LogP contribution in [0.3, 0.4) is 0 Å². The Morgan fingerprint density at radius 2 is 2.29 bits per heavy atom. The van der Waals surface area contributed by atoms with Crippen molar-refractivity contribution >= 4 is 35.3 Å². The summed E-state index contributed by atoms with van der Waals surface area (Å²) in [4.78, 5) is 0. The van der Waals surface area contributed by atoms with E-state index in [1.807, 2.05) is 31.2 Å². The third-order valence-corrected chi connectivity index (χ3v) is 4.37. The number of para-hydroxylation sites is 1. The zero-order valence-electron chi connectivity index (χ0n) is 9.08. The molecule has 1 aromatic heterocycles. The van der Waals surface area contributed by atoms with E-state index in [0.717, 1.165) is 15.6 Å². The van der Waals surface area contributed by atoms with Gasteiger partial charge in [-0.1, -0.05) is 41.3 Å². The molecule has 3 nitrogen and oxygen atoms in total. The molecule has 0 amide bonds. The SMILES string of the molecule is Cc1ccccc1-n1nc(SCC#N)sc1=S. The van der Waals surface area contributed by atoms with Crippen LogP contribution in [0.4, 0.5) is 0 Å². The van der Waals surface area contributed by atoms with Crippen LogP contribution in [0.1, 0.15) is 5.56 Å². The number of nitriles is 1. The fourth-order valence-electron chi connectivity index (χ4n) is 1.37. The molecule has 86 valence electrons. The second kappa shape index (κ2) is 5.45. The fraction of sp³-hybridized carbons (Fsp3) is 0.182. The van der Waals surface area contributed by atoms with Gasteiger partial charge in [0.05, 0.1) is 17.5 Å².